The summed E-state index contributed by atoms with van der Waals surface area (Å²) in [6.45, 7) is 6.35. The average Bonchev–Trinajstić information content (AvgIpc) is 2.26. The van der Waals surface area contributed by atoms with Crippen LogP contribution in [-0.2, 0) is 0 Å². The minimum Gasteiger partial charge on any atom is -0.325 e. The van der Waals surface area contributed by atoms with Gasteiger partial charge in [0, 0.05) is 16.5 Å². The predicted octanol–water partition coefficient (Wildman–Crippen LogP) is 3.53. The molecule has 0 fully saturated rings. The number of benzene rings is 1. The number of nitrogens with two attached hydrogens (primary N) is 1. The van der Waals surface area contributed by atoms with E-state index in [-0.39, 0.29) is 5.54 Å². The summed E-state index contributed by atoms with van der Waals surface area (Å²) in [4.78, 5) is 3.59. The fourth-order valence-corrected chi connectivity index (χ4v) is 2.71. The first-order chi connectivity index (χ1) is 8.33. The van der Waals surface area contributed by atoms with Crippen LogP contribution in [0.15, 0.2) is 29.2 Å². The van der Waals surface area contributed by atoms with Crippen LogP contribution in [0.3, 0.4) is 0 Å². The topological polar surface area (TPSA) is 29.3 Å². The molecule has 1 unspecified atom stereocenters. The Morgan fingerprint density at radius 1 is 1.22 bits per heavy atom. The van der Waals surface area contributed by atoms with E-state index in [2.05, 4.69) is 64.0 Å². The van der Waals surface area contributed by atoms with E-state index in [1.54, 1.807) is 0 Å². The Morgan fingerprint density at radius 2 is 1.78 bits per heavy atom. The standard InChI is InChI=1S/C15H26N2S/c1-6-18-13-9-7-12(8-10-13)14(17(4)5)11-15(2,3)16/h7-10,14H,6,11,16H2,1-5H3. The molecule has 0 aromatic heterocycles. The van der Waals surface area contributed by atoms with Crippen molar-refractivity contribution in [2.75, 3.05) is 19.8 Å². The van der Waals surface area contributed by atoms with E-state index in [9.17, 15) is 0 Å². The number of hydrogen-bond acceptors (Lipinski definition) is 3. The molecule has 102 valence electrons. The minimum absolute atomic E-state index is 0.147. The summed E-state index contributed by atoms with van der Waals surface area (Å²) in [7, 11) is 4.23. The summed E-state index contributed by atoms with van der Waals surface area (Å²) in [5.41, 5.74) is 7.36. The molecular weight excluding hydrogens is 240 g/mol. The van der Waals surface area contributed by atoms with E-state index in [0.717, 1.165) is 12.2 Å². The molecule has 0 aliphatic rings. The first-order valence-corrected chi connectivity index (χ1v) is 7.50. The normalized spacial score (nSPS) is 13.9. The predicted molar refractivity (Wildman–Crippen MR) is 82.2 cm³/mol. The van der Waals surface area contributed by atoms with Crippen molar-refractivity contribution < 1.29 is 0 Å². The summed E-state index contributed by atoms with van der Waals surface area (Å²) in [5, 5.41) is 0. The zero-order valence-electron chi connectivity index (χ0n) is 12.2. The maximum absolute atomic E-state index is 6.16. The molecular formula is C15H26N2S. The number of nitrogens with zero attached hydrogens (tertiary/aromatic N) is 1. The molecule has 1 rings (SSSR count). The van der Waals surface area contributed by atoms with Crippen LogP contribution < -0.4 is 5.73 Å². The smallest absolute Gasteiger partial charge is 0.0359 e. The van der Waals surface area contributed by atoms with Gasteiger partial charge in [-0.05, 0) is 57.8 Å². The van der Waals surface area contributed by atoms with Gasteiger partial charge in [0.2, 0.25) is 0 Å². The zero-order valence-corrected chi connectivity index (χ0v) is 13.1. The van der Waals surface area contributed by atoms with Crippen molar-refractivity contribution >= 4 is 11.8 Å². The van der Waals surface area contributed by atoms with E-state index < -0.39 is 0 Å². The molecule has 0 aliphatic heterocycles. The van der Waals surface area contributed by atoms with Gasteiger partial charge >= 0.3 is 0 Å². The molecule has 1 aromatic rings. The van der Waals surface area contributed by atoms with Gasteiger partial charge in [0.05, 0.1) is 0 Å². The van der Waals surface area contributed by atoms with E-state index >= 15 is 0 Å². The third-order valence-electron chi connectivity index (χ3n) is 2.92. The lowest BCUT2D eigenvalue weighted by atomic mass is 9.91. The molecule has 0 saturated carbocycles. The van der Waals surface area contributed by atoms with Crippen LogP contribution >= 0.6 is 11.8 Å². The van der Waals surface area contributed by atoms with Crippen LogP contribution in [0.2, 0.25) is 0 Å². The highest BCUT2D eigenvalue weighted by Gasteiger charge is 2.22. The first-order valence-electron chi connectivity index (χ1n) is 6.51. The molecule has 0 saturated heterocycles. The van der Waals surface area contributed by atoms with E-state index in [1.807, 2.05) is 11.8 Å². The Kier molecular flexibility index (Phi) is 5.70. The van der Waals surface area contributed by atoms with Gasteiger partial charge in [0.15, 0.2) is 0 Å². The SMILES string of the molecule is CCSc1ccc(C(CC(C)(C)N)N(C)C)cc1. The number of rotatable bonds is 6. The van der Waals surface area contributed by atoms with Gasteiger partial charge in [0.1, 0.15) is 0 Å². The molecule has 2 nitrogen and oxygen atoms in total. The van der Waals surface area contributed by atoms with E-state index in [1.165, 1.54) is 10.5 Å². The Morgan fingerprint density at radius 3 is 2.17 bits per heavy atom. The highest BCUT2D eigenvalue weighted by molar-refractivity contribution is 7.99. The minimum atomic E-state index is -0.147. The van der Waals surface area contributed by atoms with Gasteiger partial charge in [-0.15, -0.1) is 11.8 Å². The monoisotopic (exact) mass is 266 g/mol. The van der Waals surface area contributed by atoms with Crippen LogP contribution in [0.5, 0.6) is 0 Å². The van der Waals surface area contributed by atoms with E-state index in [4.69, 9.17) is 5.73 Å². The van der Waals surface area contributed by atoms with Crippen LogP contribution in [0.4, 0.5) is 0 Å². The maximum atomic E-state index is 6.16. The summed E-state index contributed by atoms with van der Waals surface area (Å²) >= 11 is 1.88. The second-order valence-corrected chi connectivity index (χ2v) is 7.01. The summed E-state index contributed by atoms with van der Waals surface area (Å²) in [5.74, 6) is 1.12. The zero-order chi connectivity index (χ0) is 13.8. The largest absolute Gasteiger partial charge is 0.325 e. The second-order valence-electron chi connectivity index (χ2n) is 5.67. The van der Waals surface area contributed by atoms with Crippen molar-refractivity contribution in [1.29, 1.82) is 0 Å². The lowest BCUT2D eigenvalue weighted by Crippen LogP contribution is -2.37. The highest BCUT2D eigenvalue weighted by Crippen LogP contribution is 2.28. The average molecular weight is 266 g/mol. The molecule has 0 radical (unpaired) electrons. The lowest BCUT2D eigenvalue weighted by Gasteiger charge is -2.31. The molecule has 2 N–H and O–H groups in total. The van der Waals surface area contributed by atoms with Crippen molar-refractivity contribution in [3.63, 3.8) is 0 Å². The molecule has 3 heteroatoms. The Bertz CT molecular complexity index is 352. The Hall–Kier alpha value is -0.510. The van der Waals surface area contributed by atoms with Gasteiger partial charge in [-0.25, -0.2) is 0 Å². The van der Waals surface area contributed by atoms with Gasteiger partial charge < -0.3 is 10.6 Å². The lowest BCUT2D eigenvalue weighted by molar-refractivity contribution is 0.243. The summed E-state index contributed by atoms with van der Waals surface area (Å²) < 4.78 is 0. The quantitative estimate of drug-likeness (QED) is 0.799. The molecule has 18 heavy (non-hydrogen) atoms. The van der Waals surface area contributed by atoms with Crippen molar-refractivity contribution in [3.8, 4) is 0 Å². The van der Waals surface area contributed by atoms with Crippen molar-refractivity contribution in [2.45, 2.75) is 43.7 Å². The third-order valence-corrected chi connectivity index (χ3v) is 3.81. The van der Waals surface area contributed by atoms with Crippen LogP contribution in [0.25, 0.3) is 0 Å². The van der Waals surface area contributed by atoms with Gasteiger partial charge in [-0.1, -0.05) is 19.1 Å². The van der Waals surface area contributed by atoms with Crippen LogP contribution in [-0.4, -0.2) is 30.3 Å². The van der Waals surface area contributed by atoms with Gasteiger partial charge in [-0.2, -0.15) is 0 Å². The summed E-state index contributed by atoms with van der Waals surface area (Å²) in [6.07, 6.45) is 0.959. The third kappa shape index (κ3) is 5.01. The number of hydrogen-bond donors (Lipinski definition) is 1. The first kappa shape index (κ1) is 15.5. The fourth-order valence-electron chi connectivity index (χ4n) is 2.05. The molecule has 0 spiro atoms. The molecule has 0 aliphatic carbocycles. The molecule has 0 heterocycles. The molecule has 1 atom stereocenters. The van der Waals surface area contributed by atoms with Crippen molar-refractivity contribution in [2.24, 2.45) is 5.73 Å². The maximum Gasteiger partial charge on any atom is 0.0359 e. The van der Waals surface area contributed by atoms with Crippen LogP contribution in [0, 0.1) is 0 Å². The van der Waals surface area contributed by atoms with Crippen molar-refractivity contribution in [3.05, 3.63) is 29.8 Å². The number of thioether (sulfide) groups is 1. The molecule has 0 bridgehead atoms. The second kappa shape index (κ2) is 6.60. The van der Waals surface area contributed by atoms with Crippen molar-refractivity contribution in [1.82, 2.24) is 4.90 Å². The fraction of sp³-hybridized carbons (Fsp3) is 0.600. The Balaban J connectivity index is 2.86. The van der Waals surface area contributed by atoms with Gasteiger partial charge in [0.25, 0.3) is 0 Å². The Labute approximate surface area is 116 Å². The molecule has 0 amide bonds. The highest BCUT2D eigenvalue weighted by atomic mass is 32.2. The van der Waals surface area contributed by atoms with Crippen LogP contribution in [0.1, 0.15) is 38.8 Å². The summed E-state index contributed by atoms with van der Waals surface area (Å²) in [6, 6.07) is 9.27. The molecule has 1 aromatic carbocycles. The van der Waals surface area contributed by atoms with E-state index in [0.29, 0.717) is 6.04 Å². The van der Waals surface area contributed by atoms with Gasteiger partial charge in [-0.3, -0.25) is 0 Å².